The molecule has 2 heterocycles. The van der Waals surface area contributed by atoms with Crippen molar-refractivity contribution in [1.82, 2.24) is 14.6 Å². The van der Waals surface area contributed by atoms with Crippen LogP contribution in [0.15, 0.2) is 53.3 Å². The summed E-state index contributed by atoms with van der Waals surface area (Å²) in [6.45, 7) is 2.03. The summed E-state index contributed by atoms with van der Waals surface area (Å²) in [5, 5.41) is 4.25. The molecule has 4 aromatic rings. The van der Waals surface area contributed by atoms with Crippen molar-refractivity contribution in [1.29, 1.82) is 0 Å². The third-order valence-corrected chi connectivity index (χ3v) is 4.81. The van der Waals surface area contributed by atoms with Gasteiger partial charge in [0.05, 0.1) is 4.53 Å². The van der Waals surface area contributed by atoms with Gasteiger partial charge in [0.1, 0.15) is 5.82 Å². The molecular formula is C20H14FN3OS. The number of halogens is 1. The highest BCUT2D eigenvalue weighted by atomic mass is 32.1. The van der Waals surface area contributed by atoms with Gasteiger partial charge in [-0.3, -0.25) is 4.79 Å². The summed E-state index contributed by atoms with van der Waals surface area (Å²) in [5.74, 6) is 0.139. The van der Waals surface area contributed by atoms with Crippen molar-refractivity contribution in [3.05, 3.63) is 91.7 Å². The van der Waals surface area contributed by atoms with E-state index in [4.69, 9.17) is 0 Å². The third-order valence-electron chi connectivity index (χ3n) is 3.85. The average Bonchev–Trinajstić information content (AvgIpc) is 3.14. The first-order chi connectivity index (χ1) is 12.6. The van der Waals surface area contributed by atoms with Gasteiger partial charge in [0.15, 0.2) is 5.82 Å². The Hall–Kier alpha value is -3.12. The fourth-order valence-electron chi connectivity index (χ4n) is 2.52. The second-order valence-electron chi connectivity index (χ2n) is 5.88. The van der Waals surface area contributed by atoms with Gasteiger partial charge >= 0.3 is 0 Å². The number of hydrogen-bond acceptors (Lipinski definition) is 4. The topological polar surface area (TPSA) is 47.3 Å². The molecule has 0 aliphatic carbocycles. The quantitative estimate of drug-likeness (QED) is 0.561. The van der Waals surface area contributed by atoms with Gasteiger partial charge in [-0.2, -0.15) is 9.50 Å². The van der Waals surface area contributed by atoms with E-state index in [-0.39, 0.29) is 11.4 Å². The smallest absolute Gasteiger partial charge is 0.266 e. The molecule has 0 bridgehead atoms. The van der Waals surface area contributed by atoms with Crippen LogP contribution in [0.25, 0.3) is 23.2 Å². The van der Waals surface area contributed by atoms with Crippen LogP contribution in [0.1, 0.15) is 22.5 Å². The Balaban J connectivity index is 1.67. The number of aryl methyl sites for hydroxylation is 1. The molecule has 0 atom stereocenters. The zero-order valence-electron chi connectivity index (χ0n) is 13.9. The zero-order chi connectivity index (χ0) is 18.1. The molecule has 2 aromatic carbocycles. The highest BCUT2D eigenvalue weighted by Crippen LogP contribution is 2.09. The van der Waals surface area contributed by atoms with Crippen LogP contribution in [-0.4, -0.2) is 14.6 Å². The zero-order valence-corrected chi connectivity index (χ0v) is 14.7. The monoisotopic (exact) mass is 363 g/mol. The average molecular weight is 363 g/mol. The predicted octanol–water partition coefficient (Wildman–Crippen LogP) is 3.32. The molecule has 0 unspecified atom stereocenters. The minimum absolute atomic E-state index is 0.253. The summed E-state index contributed by atoms with van der Waals surface area (Å²) in [7, 11) is 0. The normalized spacial score (nSPS) is 12.5. The van der Waals surface area contributed by atoms with Crippen molar-refractivity contribution in [3.63, 3.8) is 0 Å². The van der Waals surface area contributed by atoms with E-state index in [1.165, 1.54) is 33.5 Å². The molecule has 0 saturated carbocycles. The maximum Gasteiger partial charge on any atom is 0.291 e. The SMILES string of the molecule is Cc1ccc(C=Cc2nc3sc(=Cc4cccc(F)c4)c(=O)n3n2)cc1. The van der Waals surface area contributed by atoms with Gasteiger partial charge in [0.25, 0.3) is 5.56 Å². The van der Waals surface area contributed by atoms with E-state index in [1.54, 1.807) is 24.3 Å². The van der Waals surface area contributed by atoms with Crippen LogP contribution < -0.4 is 10.1 Å². The Morgan fingerprint density at radius 2 is 1.88 bits per heavy atom. The molecule has 0 amide bonds. The van der Waals surface area contributed by atoms with Gasteiger partial charge in [0, 0.05) is 0 Å². The van der Waals surface area contributed by atoms with Crippen LogP contribution in [0.5, 0.6) is 0 Å². The predicted molar refractivity (Wildman–Crippen MR) is 102 cm³/mol. The van der Waals surface area contributed by atoms with Crippen molar-refractivity contribution < 1.29 is 4.39 Å². The first-order valence-electron chi connectivity index (χ1n) is 8.00. The Morgan fingerprint density at radius 3 is 2.62 bits per heavy atom. The number of hydrogen-bond donors (Lipinski definition) is 0. The Kier molecular flexibility index (Phi) is 4.18. The lowest BCUT2D eigenvalue weighted by Gasteiger charge is -1.93. The Morgan fingerprint density at radius 1 is 1.08 bits per heavy atom. The Labute approximate surface area is 152 Å². The van der Waals surface area contributed by atoms with Crippen molar-refractivity contribution >= 4 is 34.5 Å². The van der Waals surface area contributed by atoms with Gasteiger partial charge in [-0.15, -0.1) is 5.10 Å². The molecule has 0 fully saturated rings. The summed E-state index contributed by atoms with van der Waals surface area (Å²) >= 11 is 1.23. The summed E-state index contributed by atoms with van der Waals surface area (Å²) in [6, 6.07) is 14.2. The number of aromatic nitrogens is 3. The molecule has 0 spiro atoms. The number of nitrogens with zero attached hydrogens (tertiary/aromatic N) is 3. The largest absolute Gasteiger partial charge is 0.291 e. The lowest BCUT2D eigenvalue weighted by Crippen LogP contribution is -2.23. The van der Waals surface area contributed by atoms with E-state index < -0.39 is 0 Å². The molecule has 0 saturated heterocycles. The molecule has 4 nitrogen and oxygen atoms in total. The van der Waals surface area contributed by atoms with Gasteiger partial charge in [0.2, 0.25) is 4.96 Å². The molecule has 128 valence electrons. The molecule has 0 radical (unpaired) electrons. The van der Waals surface area contributed by atoms with Crippen LogP contribution in [0.4, 0.5) is 4.39 Å². The van der Waals surface area contributed by atoms with E-state index in [0.29, 0.717) is 20.9 Å². The first-order valence-corrected chi connectivity index (χ1v) is 8.82. The number of fused-ring (bicyclic) bond motifs is 1. The number of benzene rings is 2. The standard InChI is InChI=1S/C20H14FN3OS/c1-13-5-7-14(8-6-13)9-10-18-22-20-24(23-18)19(25)17(26-20)12-15-3-2-4-16(21)11-15/h2-12H,1H3. The molecule has 0 aliphatic rings. The second-order valence-corrected chi connectivity index (χ2v) is 6.89. The Bertz CT molecular complexity index is 1220. The first kappa shape index (κ1) is 16.4. The fourth-order valence-corrected chi connectivity index (χ4v) is 3.43. The van der Waals surface area contributed by atoms with Crippen LogP contribution in [-0.2, 0) is 0 Å². The van der Waals surface area contributed by atoms with Crippen molar-refractivity contribution in [2.75, 3.05) is 0 Å². The van der Waals surface area contributed by atoms with E-state index in [0.717, 1.165) is 5.56 Å². The summed E-state index contributed by atoms with van der Waals surface area (Å²) in [6.07, 6.45) is 5.33. The van der Waals surface area contributed by atoms with E-state index in [9.17, 15) is 9.18 Å². The maximum absolute atomic E-state index is 13.3. The van der Waals surface area contributed by atoms with E-state index in [2.05, 4.69) is 10.1 Å². The van der Waals surface area contributed by atoms with Gasteiger partial charge in [-0.25, -0.2) is 4.39 Å². The minimum Gasteiger partial charge on any atom is -0.266 e. The molecule has 6 heteroatoms. The molecular weight excluding hydrogens is 349 g/mol. The molecule has 0 N–H and O–H groups in total. The molecule has 0 aliphatic heterocycles. The van der Waals surface area contributed by atoms with Crippen LogP contribution in [0.3, 0.4) is 0 Å². The minimum atomic E-state index is -0.339. The second kappa shape index (κ2) is 6.65. The highest BCUT2D eigenvalue weighted by Gasteiger charge is 2.08. The summed E-state index contributed by atoms with van der Waals surface area (Å²) in [5.41, 5.74) is 2.61. The molecule has 4 rings (SSSR count). The summed E-state index contributed by atoms with van der Waals surface area (Å²) < 4.78 is 15.0. The number of rotatable bonds is 3. The lowest BCUT2D eigenvalue weighted by molar-refractivity contribution is 0.627. The van der Waals surface area contributed by atoms with Gasteiger partial charge < -0.3 is 0 Å². The van der Waals surface area contributed by atoms with E-state index in [1.807, 2.05) is 37.3 Å². The van der Waals surface area contributed by atoms with Crippen molar-refractivity contribution in [3.8, 4) is 0 Å². The van der Waals surface area contributed by atoms with Crippen molar-refractivity contribution in [2.45, 2.75) is 6.92 Å². The highest BCUT2D eigenvalue weighted by molar-refractivity contribution is 7.15. The van der Waals surface area contributed by atoms with Crippen molar-refractivity contribution in [2.24, 2.45) is 0 Å². The number of thiazole rings is 1. The summed E-state index contributed by atoms with van der Waals surface area (Å²) in [4.78, 5) is 17.4. The van der Waals surface area contributed by atoms with E-state index >= 15 is 0 Å². The maximum atomic E-state index is 13.3. The molecule has 2 aromatic heterocycles. The van der Waals surface area contributed by atoms with Gasteiger partial charge in [-0.1, -0.05) is 59.4 Å². The fraction of sp³-hybridized carbons (Fsp3) is 0.0500. The lowest BCUT2D eigenvalue weighted by atomic mass is 10.1. The van der Waals surface area contributed by atoms with Crippen LogP contribution >= 0.6 is 11.3 Å². The third kappa shape index (κ3) is 3.32. The van der Waals surface area contributed by atoms with Crippen LogP contribution in [0, 0.1) is 12.7 Å². The van der Waals surface area contributed by atoms with Gasteiger partial charge in [-0.05, 0) is 42.3 Å². The molecule has 26 heavy (non-hydrogen) atoms. The van der Waals surface area contributed by atoms with Crippen LogP contribution in [0.2, 0.25) is 0 Å².